The molecule has 5 nitrogen and oxygen atoms in total. The van der Waals surface area contributed by atoms with Crippen molar-refractivity contribution >= 4 is 17.7 Å². The van der Waals surface area contributed by atoms with Crippen molar-refractivity contribution in [3.63, 3.8) is 0 Å². The fourth-order valence-corrected chi connectivity index (χ4v) is 2.21. The van der Waals surface area contributed by atoms with Gasteiger partial charge < -0.3 is 9.63 Å². The largest absolute Gasteiger partial charge is 0.481 e. The number of aliphatic carboxylic acids is 1. The lowest BCUT2D eigenvalue weighted by atomic mass is 10.1. The van der Waals surface area contributed by atoms with Crippen molar-refractivity contribution in [1.29, 1.82) is 0 Å². The fourth-order valence-electron chi connectivity index (χ4n) is 1.45. The second kappa shape index (κ2) is 6.38. The maximum atomic E-state index is 10.4. The van der Waals surface area contributed by atoms with Gasteiger partial charge in [0.15, 0.2) is 5.82 Å². The van der Waals surface area contributed by atoms with Crippen LogP contribution in [0.15, 0.2) is 28.8 Å². The number of hydrogen-bond acceptors (Lipinski definition) is 5. The minimum absolute atomic E-state index is 0.146. The predicted octanol–water partition coefficient (Wildman–Crippen LogP) is 2.75. The lowest BCUT2D eigenvalue weighted by Crippen LogP contribution is -1.96. The van der Waals surface area contributed by atoms with Crippen LogP contribution in [0.3, 0.4) is 0 Å². The van der Waals surface area contributed by atoms with Gasteiger partial charge in [-0.2, -0.15) is 16.7 Å². The van der Waals surface area contributed by atoms with Crippen molar-refractivity contribution in [2.24, 2.45) is 0 Å². The fraction of sp³-hybridized carbons (Fsp3) is 0.308. The summed E-state index contributed by atoms with van der Waals surface area (Å²) in [5, 5.41) is 12.4. The van der Waals surface area contributed by atoms with Gasteiger partial charge in [0.2, 0.25) is 0 Å². The highest BCUT2D eigenvalue weighted by atomic mass is 32.2. The van der Waals surface area contributed by atoms with Crippen molar-refractivity contribution in [3.8, 4) is 11.5 Å². The first-order valence-electron chi connectivity index (χ1n) is 5.84. The number of rotatable bonds is 6. The van der Waals surface area contributed by atoms with Gasteiger partial charge in [0.05, 0.1) is 12.2 Å². The summed E-state index contributed by atoms with van der Waals surface area (Å²) in [5.41, 5.74) is 2.06. The first-order valence-corrected chi connectivity index (χ1v) is 7.00. The Bertz CT molecular complexity index is 551. The standard InChI is InChI=1S/C13H14N2O3S/c1-9-2-4-10(5-3-9)13-14-11(15-18-13)8-19-7-6-12(16)17/h2-5H,6-8H2,1H3,(H,16,17). The molecule has 100 valence electrons. The molecule has 0 aliphatic carbocycles. The summed E-state index contributed by atoms with van der Waals surface area (Å²) >= 11 is 1.48. The van der Waals surface area contributed by atoms with Crippen molar-refractivity contribution in [2.45, 2.75) is 19.1 Å². The second-order valence-electron chi connectivity index (χ2n) is 4.08. The molecule has 0 fully saturated rings. The van der Waals surface area contributed by atoms with Crippen LogP contribution in [0.1, 0.15) is 17.8 Å². The van der Waals surface area contributed by atoms with Gasteiger partial charge in [-0.15, -0.1) is 0 Å². The molecule has 2 aromatic rings. The molecule has 0 spiro atoms. The third kappa shape index (κ3) is 4.10. The third-order valence-electron chi connectivity index (χ3n) is 2.46. The van der Waals surface area contributed by atoms with E-state index in [0.717, 1.165) is 5.56 Å². The van der Waals surface area contributed by atoms with Gasteiger partial charge in [-0.1, -0.05) is 22.9 Å². The minimum Gasteiger partial charge on any atom is -0.481 e. The molecule has 6 heteroatoms. The number of nitrogens with zero attached hydrogens (tertiary/aromatic N) is 2. The van der Waals surface area contributed by atoms with Gasteiger partial charge >= 0.3 is 5.97 Å². The number of aryl methyl sites for hydroxylation is 1. The van der Waals surface area contributed by atoms with Gasteiger partial charge in [0.1, 0.15) is 0 Å². The van der Waals surface area contributed by atoms with Crippen LogP contribution >= 0.6 is 11.8 Å². The Hall–Kier alpha value is -1.82. The Balaban J connectivity index is 1.91. The zero-order valence-electron chi connectivity index (χ0n) is 10.5. The molecule has 2 rings (SSSR count). The number of aromatic nitrogens is 2. The van der Waals surface area contributed by atoms with Gasteiger partial charge in [-0.25, -0.2) is 0 Å². The molecule has 1 aromatic heterocycles. The van der Waals surface area contributed by atoms with Crippen LogP contribution in [-0.2, 0) is 10.5 Å². The molecule has 1 N–H and O–H groups in total. The average molecular weight is 278 g/mol. The zero-order chi connectivity index (χ0) is 13.7. The predicted molar refractivity (Wildman–Crippen MR) is 72.9 cm³/mol. The van der Waals surface area contributed by atoms with E-state index in [9.17, 15) is 4.79 Å². The van der Waals surface area contributed by atoms with Crippen molar-refractivity contribution in [2.75, 3.05) is 5.75 Å². The molecule has 0 unspecified atom stereocenters. The highest BCUT2D eigenvalue weighted by Gasteiger charge is 2.08. The number of carboxylic acids is 1. The van der Waals surface area contributed by atoms with E-state index in [4.69, 9.17) is 9.63 Å². The van der Waals surface area contributed by atoms with Crippen LogP contribution in [0.2, 0.25) is 0 Å². The molecule has 0 radical (unpaired) electrons. The molecule has 0 aliphatic rings. The van der Waals surface area contributed by atoms with Crippen LogP contribution in [0, 0.1) is 6.92 Å². The van der Waals surface area contributed by atoms with E-state index in [0.29, 0.717) is 23.2 Å². The van der Waals surface area contributed by atoms with Crippen molar-refractivity contribution in [1.82, 2.24) is 10.1 Å². The summed E-state index contributed by atoms with van der Waals surface area (Å²) in [6.07, 6.45) is 0.146. The molecule has 19 heavy (non-hydrogen) atoms. The second-order valence-corrected chi connectivity index (χ2v) is 5.18. The summed E-state index contributed by atoms with van der Waals surface area (Å²) in [5.74, 6) is 1.40. The van der Waals surface area contributed by atoms with Gasteiger partial charge in [-0.05, 0) is 19.1 Å². The highest BCUT2D eigenvalue weighted by Crippen LogP contribution is 2.19. The van der Waals surface area contributed by atoms with Crippen LogP contribution in [0.25, 0.3) is 11.5 Å². The summed E-state index contributed by atoms with van der Waals surface area (Å²) in [6, 6.07) is 7.84. The summed E-state index contributed by atoms with van der Waals surface area (Å²) < 4.78 is 5.18. The molecule has 0 bridgehead atoms. The smallest absolute Gasteiger partial charge is 0.304 e. The first kappa shape index (κ1) is 13.6. The number of carboxylic acid groups (broad SMARTS) is 1. The van der Waals surface area contributed by atoms with Crippen LogP contribution in [0.4, 0.5) is 0 Å². The van der Waals surface area contributed by atoms with Gasteiger partial charge in [0.25, 0.3) is 5.89 Å². The molecule has 0 aliphatic heterocycles. The number of hydrogen-bond donors (Lipinski definition) is 1. The monoisotopic (exact) mass is 278 g/mol. The van der Waals surface area contributed by atoms with E-state index in [-0.39, 0.29) is 6.42 Å². The zero-order valence-corrected chi connectivity index (χ0v) is 11.3. The number of benzene rings is 1. The number of thioether (sulfide) groups is 1. The molecule has 0 amide bonds. The maximum Gasteiger partial charge on any atom is 0.304 e. The molecule has 1 heterocycles. The van der Waals surface area contributed by atoms with E-state index in [2.05, 4.69) is 10.1 Å². The summed E-state index contributed by atoms with van der Waals surface area (Å²) in [6.45, 7) is 2.02. The molecule has 1 aromatic carbocycles. The van der Waals surface area contributed by atoms with E-state index < -0.39 is 5.97 Å². The summed E-state index contributed by atoms with van der Waals surface area (Å²) in [7, 11) is 0. The average Bonchev–Trinajstić information content (AvgIpc) is 2.84. The van der Waals surface area contributed by atoms with Crippen molar-refractivity contribution < 1.29 is 14.4 Å². The topological polar surface area (TPSA) is 76.2 Å². The van der Waals surface area contributed by atoms with Crippen LogP contribution < -0.4 is 0 Å². The molecule has 0 saturated carbocycles. The van der Waals surface area contributed by atoms with E-state index in [1.54, 1.807) is 0 Å². The minimum atomic E-state index is -0.791. The Morgan fingerprint density at radius 3 is 2.79 bits per heavy atom. The Labute approximate surface area is 115 Å². The lowest BCUT2D eigenvalue weighted by molar-refractivity contribution is -0.136. The van der Waals surface area contributed by atoms with E-state index in [1.807, 2.05) is 31.2 Å². The Morgan fingerprint density at radius 1 is 1.37 bits per heavy atom. The maximum absolute atomic E-state index is 10.4. The Morgan fingerprint density at radius 2 is 2.11 bits per heavy atom. The highest BCUT2D eigenvalue weighted by molar-refractivity contribution is 7.98. The summed E-state index contributed by atoms with van der Waals surface area (Å²) in [4.78, 5) is 14.6. The normalized spacial score (nSPS) is 10.6. The third-order valence-corrected chi connectivity index (χ3v) is 3.41. The molecule has 0 saturated heterocycles. The van der Waals surface area contributed by atoms with E-state index in [1.165, 1.54) is 17.3 Å². The van der Waals surface area contributed by atoms with E-state index >= 15 is 0 Å². The number of carbonyl (C=O) groups is 1. The van der Waals surface area contributed by atoms with Crippen LogP contribution in [-0.4, -0.2) is 27.0 Å². The molecule has 0 atom stereocenters. The quantitative estimate of drug-likeness (QED) is 0.819. The van der Waals surface area contributed by atoms with Crippen molar-refractivity contribution in [3.05, 3.63) is 35.7 Å². The molecular weight excluding hydrogens is 264 g/mol. The lowest BCUT2D eigenvalue weighted by Gasteiger charge is -1.95. The van der Waals surface area contributed by atoms with Crippen LogP contribution in [0.5, 0.6) is 0 Å². The Kier molecular flexibility index (Phi) is 4.57. The SMILES string of the molecule is Cc1ccc(-c2nc(CSCCC(=O)O)no2)cc1. The first-order chi connectivity index (χ1) is 9.15. The van der Waals surface area contributed by atoms with Gasteiger partial charge in [-0.3, -0.25) is 4.79 Å². The van der Waals surface area contributed by atoms with Gasteiger partial charge in [0, 0.05) is 11.3 Å². The molecular formula is C13H14N2O3S.